The largest absolute Gasteiger partial charge is 0.310 e. The lowest BCUT2D eigenvalue weighted by Crippen LogP contribution is -2.18. The summed E-state index contributed by atoms with van der Waals surface area (Å²) in [5, 5.41) is 0.373. The summed E-state index contributed by atoms with van der Waals surface area (Å²) in [5.74, 6) is 4.87. The molecule has 98 valence electrons. The van der Waals surface area contributed by atoms with Gasteiger partial charge in [-0.05, 0) is 12.8 Å². The molecule has 1 aliphatic heterocycles. The summed E-state index contributed by atoms with van der Waals surface area (Å²) >= 11 is 3.88. The van der Waals surface area contributed by atoms with Crippen LogP contribution in [0.2, 0.25) is 0 Å². The van der Waals surface area contributed by atoms with Gasteiger partial charge in [-0.25, -0.2) is 4.98 Å². The number of aromatic nitrogens is 2. The third-order valence-corrected chi connectivity index (χ3v) is 6.44. The maximum Gasteiger partial charge on any atom is 0.251 e. The zero-order chi connectivity index (χ0) is 12.4. The summed E-state index contributed by atoms with van der Waals surface area (Å²) in [6.07, 6.45) is 4.95. The predicted octanol–water partition coefficient (Wildman–Crippen LogP) is 2.95. The van der Waals surface area contributed by atoms with Gasteiger partial charge in [0.15, 0.2) is 0 Å². The van der Waals surface area contributed by atoms with Gasteiger partial charge in [0.2, 0.25) is 0 Å². The minimum absolute atomic E-state index is 0.0260. The van der Waals surface area contributed by atoms with Crippen LogP contribution in [-0.2, 0) is 0 Å². The molecule has 1 saturated heterocycles. The van der Waals surface area contributed by atoms with Gasteiger partial charge in [-0.1, -0.05) is 12.8 Å². The Morgan fingerprint density at radius 3 is 2.83 bits per heavy atom. The van der Waals surface area contributed by atoms with Gasteiger partial charge in [-0.2, -0.15) is 11.8 Å². The molecule has 1 aliphatic carbocycles. The van der Waals surface area contributed by atoms with Gasteiger partial charge in [0.1, 0.15) is 5.82 Å². The summed E-state index contributed by atoms with van der Waals surface area (Å²) in [6, 6.07) is 1.71. The van der Waals surface area contributed by atoms with Crippen LogP contribution in [0, 0.1) is 0 Å². The fourth-order valence-corrected chi connectivity index (χ4v) is 5.35. The molecule has 0 radical (unpaired) electrons. The first-order valence-corrected chi connectivity index (χ1v) is 8.84. The lowest BCUT2D eigenvalue weighted by Gasteiger charge is -2.21. The van der Waals surface area contributed by atoms with Crippen molar-refractivity contribution in [3.63, 3.8) is 0 Å². The topological polar surface area (TPSA) is 45.8 Å². The zero-order valence-corrected chi connectivity index (χ0v) is 12.0. The quantitative estimate of drug-likeness (QED) is 0.906. The molecule has 1 atom stereocenters. The second kappa shape index (κ2) is 5.70. The van der Waals surface area contributed by atoms with Crippen molar-refractivity contribution in [2.24, 2.45) is 0 Å². The van der Waals surface area contributed by atoms with Gasteiger partial charge in [-0.15, -0.1) is 11.8 Å². The van der Waals surface area contributed by atoms with Crippen LogP contribution in [0.1, 0.15) is 48.4 Å². The zero-order valence-electron chi connectivity index (χ0n) is 10.4. The molecule has 0 aromatic carbocycles. The Hall–Kier alpha value is -0.420. The third-order valence-electron chi connectivity index (χ3n) is 3.67. The first kappa shape index (κ1) is 12.6. The monoisotopic (exact) mass is 282 g/mol. The number of nitrogens with one attached hydrogen (secondary N) is 1. The number of rotatable bonds is 2. The van der Waals surface area contributed by atoms with Gasteiger partial charge in [0.05, 0.1) is 10.9 Å². The Kier molecular flexibility index (Phi) is 3.99. The van der Waals surface area contributed by atoms with Crippen LogP contribution < -0.4 is 5.56 Å². The standard InChI is InChI=1S/C13H18N2OS2/c16-12-7-10(9-3-1-2-4-9)14-13(15-12)11-8-17-5-6-18-11/h7,9,11H,1-6,8H2,(H,14,15,16). The summed E-state index contributed by atoms with van der Waals surface area (Å²) in [5.41, 5.74) is 1.06. The highest BCUT2D eigenvalue weighted by molar-refractivity contribution is 8.06. The minimum Gasteiger partial charge on any atom is -0.310 e. The summed E-state index contributed by atoms with van der Waals surface area (Å²) < 4.78 is 0. The number of thioether (sulfide) groups is 2. The molecule has 3 rings (SSSR count). The number of H-pyrrole nitrogens is 1. The number of nitrogens with zero attached hydrogens (tertiary/aromatic N) is 1. The van der Waals surface area contributed by atoms with Crippen molar-refractivity contribution >= 4 is 23.5 Å². The highest BCUT2D eigenvalue weighted by Crippen LogP contribution is 2.36. The van der Waals surface area contributed by atoms with E-state index >= 15 is 0 Å². The van der Waals surface area contributed by atoms with Crippen molar-refractivity contribution in [3.8, 4) is 0 Å². The van der Waals surface area contributed by atoms with Crippen LogP contribution >= 0.6 is 23.5 Å². The lowest BCUT2D eigenvalue weighted by atomic mass is 10.0. The van der Waals surface area contributed by atoms with Gasteiger partial charge in [0.25, 0.3) is 5.56 Å². The van der Waals surface area contributed by atoms with Gasteiger partial charge in [0, 0.05) is 29.2 Å². The second-order valence-corrected chi connectivity index (χ2v) is 7.43. The van der Waals surface area contributed by atoms with E-state index in [1.165, 1.54) is 31.4 Å². The molecular weight excluding hydrogens is 264 g/mol. The molecule has 0 amide bonds. The fourth-order valence-electron chi connectivity index (χ4n) is 2.72. The van der Waals surface area contributed by atoms with Gasteiger partial charge >= 0.3 is 0 Å². The molecule has 0 spiro atoms. The van der Waals surface area contributed by atoms with Crippen LogP contribution in [0.5, 0.6) is 0 Å². The SMILES string of the molecule is O=c1cc(C2CCCC2)nc(C2CSCCS2)[nH]1. The second-order valence-electron chi connectivity index (χ2n) is 4.97. The first-order valence-electron chi connectivity index (χ1n) is 6.63. The van der Waals surface area contributed by atoms with Crippen LogP contribution in [0.25, 0.3) is 0 Å². The molecule has 3 nitrogen and oxygen atoms in total. The van der Waals surface area contributed by atoms with Crippen LogP contribution in [0.4, 0.5) is 0 Å². The van der Waals surface area contributed by atoms with E-state index in [9.17, 15) is 4.79 Å². The molecule has 1 saturated carbocycles. The van der Waals surface area contributed by atoms with E-state index < -0.39 is 0 Å². The lowest BCUT2D eigenvalue weighted by molar-refractivity contribution is 0.680. The van der Waals surface area contributed by atoms with E-state index in [-0.39, 0.29) is 5.56 Å². The number of hydrogen-bond acceptors (Lipinski definition) is 4. The van der Waals surface area contributed by atoms with Crippen molar-refractivity contribution in [2.45, 2.75) is 36.9 Å². The number of hydrogen-bond donors (Lipinski definition) is 1. The van der Waals surface area contributed by atoms with Crippen molar-refractivity contribution < 1.29 is 0 Å². The summed E-state index contributed by atoms with van der Waals surface area (Å²) in [6.45, 7) is 0. The Balaban J connectivity index is 1.87. The Labute approximate surface area is 116 Å². The Morgan fingerprint density at radius 1 is 1.28 bits per heavy atom. The maximum atomic E-state index is 11.8. The molecule has 1 aromatic rings. The fraction of sp³-hybridized carbons (Fsp3) is 0.692. The van der Waals surface area contributed by atoms with Crippen LogP contribution in [0.3, 0.4) is 0 Å². The van der Waals surface area contributed by atoms with E-state index in [4.69, 9.17) is 4.98 Å². The molecule has 2 aliphatic rings. The molecule has 1 N–H and O–H groups in total. The van der Waals surface area contributed by atoms with E-state index in [0.717, 1.165) is 23.0 Å². The maximum absolute atomic E-state index is 11.8. The van der Waals surface area contributed by atoms with E-state index in [1.54, 1.807) is 6.07 Å². The molecule has 0 bridgehead atoms. The Bertz CT molecular complexity index is 462. The predicted molar refractivity (Wildman–Crippen MR) is 78.6 cm³/mol. The van der Waals surface area contributed by atoms with Crippen molar-refractivity contribution in [3.05, 3.63) is 27.9 Å². The molecule has 2 heterocycles. The van der Waals surface area contributed by atoms with Gasteiger partial charge < -0.3 is 4.98 Å². The summed E-state index contributed by atoms with van der Waals surface area (Å²) in [4.78, 5) is 19.5. The average Bonchev–Trinajstić information content (AvgIpc) is 2.93. The molecule has 2 fully saturated rings. The molecule has 1 aromatic heterocycles. The molecule has 1 unspecified atom stereocenters. The van der Waals surface area contributed by atoms with Crippen molar-refractivity contribution in [2.75, 3.05) is 17.3 Å². The normalized spacial score (nSPS) is 25.4. The minimum atomic E-state index is 0.0260. The number of aromatic amines is 1. The Morgan fingerprint density at radius 2 is 2.11 bits per heavy atom. The third kappa shape index (κ3) is 2.77. The van der Waals surface area contributed by atoms with Crippen molar-refractivity contribution in [1.29, 1.82) is 0 Å². The molecular formula is C13H18N2OS2. The smallest absolute Gasteiger partial charge is 0.251 e. The van der Waals surface area contributed by atoms with Crippen molar-refractivity contribution in [1.82, 2.24) is 9.97 Å². The first-order chi connectivity index (χ1) is 8.83. The van der Waals surface area contributed by atoms with Crippen LogP contribution in [0.15, 0.2) is 10.9 Å². The van der Waals surface area contributed by atoms with E-state index in [1.807, 2.05) is 23.5 Å². The summed E-state index contributed by atoms with van der Waals surface area (Å²) in [7, 11) is 0. The van der Waals surface area contributed by atoms with E-state index in [2.05, 4.69) is 4.98 Å². The highest BCUT2D eigenvalue weighted by atomic mass is 32.2. The van der Waals surface area contributed by atoms with Crippen LogP contribution in [-0.4, -0.2) is 27.2 Å². The molecule has 5 heteroatoms. The highest BCUT2D eigenvalue weighted by Gasteiger charge is 2.23. The average molecular weight is 282 g/mol. The van der Waals surface area contributed by atoms with Gasteiger partial charge in [-0.3, -0.25) is 4.79 Å². The molecule has 18 heavy (non-hydrogen) atoms. The van der Waals surface area contributed by atoms with E-state index in [0.29, 0.717) is 11.2 Å².